The number of carbonyl (C=O) groups is 2. The topological polar surface area (TPSA) is 67.4 Å². The molecule has 2 amide bonds. The average Bonchev–Trinajstić information content (AvgIpc) is 2.50. The summed E-state index contributed by atoms with van der Waals surface area (Å²) in [6.07, 6.45) is -0.794. The van der Waals surface area contributed by atoms with Crippen LogP contribution < -0.4 is 15.4 Å². The van der Waals surface area contributed by atoms with Gasteiger partial charge in [0.05, 0.1) is 5.69 Å². The Morgan fingerprint density at radius 1 is 1.17 bits per heavy atom. The lowest BCUT2D eigenvalue weighted by molar-refractivity contribution is -0.122. The number of benzene rings is 2. The van der Waals surface area contributed by atoms with E-state index in [1.54, 1.807) is 31.2 Å². The number of hydrogen-bond donors (Lipinski definition) is 2. The van der Waals surface area contributed by atoms with Crippen molar-refractivity contribution < 1.29 is 18.7 Å². The third kappa shape index (κ3) is 4.96. The molecular weight excluding hydrogens is 335 g/mol. The maximum absolute atomic E-state index is 13.6. The van der Waals surface area contributed by atoms with Crippen molar-refractivity contribution in [3.05, 3.63) is 53.3 Å². The minimum atomic E-state index is -0.794. The van der Waals surface area contributed by atoms with Crippen molar-refractivity contribution >= 4 is 34.8 Å². The minimum Gasteiger partial charge on any atom is -0.481 e. The van der Waals surface area contributed by atoms with Crippen LogP contribution in [-0.4, -0.2) is 17.9 Å². The van der Waals surface area contributed by atoms with E-state index >= 15 is 0 Å². The predicted octanol–water partition coefficient (Wildman–Crippen LogP) is 3.84. The van der Waals surface area contributed by atoms with E-state index in [0.29, 0.717) is 16.5 Å². The Kier molecular flexibility index (Phi) is 5.76. The third-order valence-corrected chi connectivity index (χ3v) is 3.26. The predicted molar refractivity (Wildman–Crippen MR) is 90.9 cm³/mol. The van der Waals surface area contributed by atoms with Gasteiger partial charge >= 0.3 is 0 Å². The lowest BCUT2D eigenvalue weighted by Crippen LogP contribution is -2.30. The Morgan fingerprint density at radius 2 is 1.92 bits per heavy atom. The second-order valence-corrected chi connectivity index (χ2v) is 5.52. The van der Waals surface area contributed by atoms with Gasteiger partial charge in [-0.3, -0.25) is 9.59 Å². The van der Waals surface area contributed by atoms with Gasteiger partial charge in [-0.05, 0) is 43.3 Å². The number of nitrogens with one attached hydrogen (secondary N) is 2. The summed E-state index contributed by atoms with van der Waals surface area (Å²) in [6.45, 7) is 2.85. The molecule has 2 N–H and O–H groups in total. The zero-order chi connectivity index (χ0) is 17.7. The molecule has 0 aliphatic carbocycles. The molecular formula is C17H16ClFN2O3. The maximum atomic E-state index is 13.6. The fourth-order valence-electron chi connectivity index (χ4n) is 1.93. The van der Waals surface area contributed by atoms with Crippen molar-refractivity contribution in [1.82, 2.24) is 0 Å². The van der Waals surface area contributed by atoms with Crippen molar-refractivity contribution in [3.63, 3.8) is 0 Å². The van der Waals surface area contributed by atoms with Crippen LogP contribution in [0.25, 0.3) is 0 Å². The first-order chi connectivity index (χ1) is 11.3. The molecule has 0 spiro atoms. The second-order valence-electron chi connectivity index (χ2n) is 5.08. The average molecular weight is 351 g/mol. The van der Waals surface area contributed by atoms with Gasteiger partial charge in [0.15, 0.2) is 6.10 Å². The molecule has 2 aromatic carbocycles. The van der Waals surface area contributed by atoms with Gasteiger partial charge in [0.1, 0.15) is 11.6 Å². The van der Waals surface area contributed by atoms with Crippen LogP contribution in [0.4, 0.5) is 15.8 Å². The van der Waals surface area contributed by atoms with E-state index in [0.717, 1.165) is 6.07 Å². The zero-order valence-corrected chi connectivity index (χ0v) is 13.9. The highest BCUT2D eigenvalue weighted by atomic mass is 35.5. The van der Waals surface area contributed by atoms with E-state index in [4.69, 9.17) is 16.3 Å². The third-order valence-electron chi connectivity index (χ3n) is 3.02. The van der Waals surface area contributed by atoms with Crippen LogP contribution in [0.2, 0.25) is 5.02 Å². The lowest BCUT2D eigenvalue weighted by atomic mass is 10.2. The smallest absolute Gasteiger partial charge is 0.265 e. The highest BCUT2D eigenvalue weighted by Crippen LogP contribution is 2.21. The first-order valence-corrected chi connectivity index (χ1v) is 7.53. The quantitative estimate of drug-likeness (QED) is 0.860. The number of anilines is 2. The fraction of sp³-hybridized carbons (Fsp3) is 0.176. The van der Waals surface area contributed by atoms with Crippen molar-refractivity contribution in [1.29, 1.82) is 0 Å². The highest BCUT2D eigenvalue weighted by Gasteiger charge is 2.16. The van der Waals surface area contributed by atoms with Gasteiger partial charge in [0.25, 0.3) is 5.91 Å². The number of hydrogen-bond acceptors (Lipinski definition) is 3. The maximum Gasteiger partial charge on any atom is 0.265 e. The van der Waals surface area contributed by atoms with Crippen LogP contribution in [0.5, 0.6) is 5.75 Å². The molecule has 0 heterocycles. The first-order valence-electron chi connectivity index (χ1n) is 7.15. The molecule has 1 atom stereocenters. The SMILES string of the molecule is CC(=O)Nc1cc(NC(=O)C(C)Oc2cccc(Cl)c2)ccc1F. The van der Waals surface area contributed by atoms with Gasteiger partial charge in [0, 0.05) is 17.6 Å². The standard InChI is InChI=1S/C17H16ClFN2O3/c1-10(24-14-5-3-4-12(18)8-14)17(23)21-13-6-7-15(19)16(9-13)20-11(2)22/h3-10H,1-2H3,(H,20,22)(H,21,23). The molecule has 0 aliphatic heterocycles. The van der Waals surface area contributed by atoms with Crippen LogP contribution in [0.15, 0.2) is 42.5 Å². The molecule has 0 fully saturated rings. The first kappa shape index (κ1) is 17.7. The normalized spacial score (nSPS) is 11.5. The van der Waals surface area contributed by atoms with Gasteiger partial charge in [0.2, 0.25) is 5.91 Å². The van der Waals surface area contributed by atoms with E-state index in [2.05, 4.69) is 10.6 Å². The molecule has 0 bridgehead atoms. The van der Waals surface area contributed by atoms with E-state index in [1.165, 1.54) is 19.1 Å². The van der Waals surface area contributed by atoms with Crippen molar-refractivity contribution in [2.45, 2.75) is 20.0 Å². The molecule has 5 nitrogen and oxygen atoms in total. The minimum absolute atomic E-state index is 0.0105. The Morgan fingerprint density at radius 3 is 2.58 bits per heavy atom. The van der Waals surface area contributed by atoms with E-state index < -0.39 is 23.7 Å². The summed E-state index contributed by atoms with van der Waals surface area (Å²) in [6, 6.07) is 10.6. The molecule has 0 saturated heterocycles. The van der Waals surface area contributed by atoms with Gasteiger partial charge < -0.3 is 15.4 Å². The van der Waals surface area contributed by atoms with E-state index in [9.17, 15) is 14.0 Å². The molecule has 2 rings (SSSR count). The van der Waals surface area contributed by atoms with Gasteiger partial charge in [-0.2, -0.15) is 0 Å². The Hall–Kier alpha value is -2.60. The number of halogens is 2. The fourth-order valence-corrected chi connectivity index (χ4v) is 2.11. The van der Waals surface area contributed by atoms with Gasteiger partial charge in [-0.15, -0.1) is 0 Å². The molecule has 0 aliphatic rings. The number of amides is 2. The molecule has 0 saturated carbocycles. The lowest BCUT2D eigenvalue weighted by Gasteiger charge is -2.15. The van der Waals surface area contributed by atoms with Crippen molar-refractivity contribution in [3.8, 4) is 5.75 Å². The van der Waals surface area contributed by atoms with Gasteiger partial charge in [-0.25, -0.2) is 4.39 Å². The molecule has 1 unspecified atom stereocenters. The Bertz CT molecular complexity index is 767. The van der Waals surface area contributed by atoms with Crippen LogP contribution in [0.3, 0.4) is 0 Å². The summed E-state index contributed by atoms with van der Waals surface area (Å²) in [5.41, 5.74) is 0.329. The van der Waals surface area contributed by atoms with Gasteiger partial charge in [-0.1, -0.05) is 17.7 Å². The summed E-state index contributed by atoms with van der Waals surface area (Å²) >= 11 is 5.86. The summed E-state index contributed by atoms with van der Waals surface area (Å²) < 4.78 is 19.1. The second kappa shape index (κ2) is 7.79. The summed E-state index contributed by atoms with van der Waals surface area (Å²) in [5.74, 6) is -0.958. The monoisotopic (exact) mass is 350 g/mol. The largest absolute Gasteiger partial charge is 0.481 e. The van der Waals surface area contributed by atoms with Crippen LogP contribution in [-0.2, 0) is 9.59 Å². The molecule has 2 aromatic rings. The van der Waals surface area contributed by atoms with Crippen LogP contribution >= 0.6 is 11.6 Å². The summed E-state index contributed by atoms with van der Waals surface area (Å²) in [7, 11) is 0. The molecule has 0 aromatic heterocycles. The van der Waals surface area contributed by atoms with E-state index in [-0.39, 0.29) is 5.69 Å². The van der Waals surface area contributed by atoms with Crippen LogP contribution in [0.1, 0.15) is 13.8 Å². The molecule has 24 heavy (non-hydrogen) atoms. The van der Waals surface area contributed by atoms with E-state index in [1.807, 2.05) is 0 Å². The summed E-state index contributed by atoms with van der Waals surface area (Å²) in [4.78, 5) is 23.2. The Labute approximate surface area is 143 Å². The number of rotatable bonds is 5. The van der Waals surface area contributed by atoms with Crippen LogP contribution in [0, 0.1) is 5.82 Å². The highest BCUT2D eigenvalue weighted by molar-refractivity contribution is 6.30. The van der Waals surface area contributed by atoms with Crippen molar-refractivity contribution in [2.24, 2.45) is 0 Å². The Balaban J connectivity index is 2.04. The number of ether oxygens (including phenoxy) is 1. The molecule has 126 valence electrons. The summed E-state index contributed by atoms with van der Waals surface area (Å²) in [5, 5.41) is 5.45. The molecule has 7 heteroatoms. The van der Waals surface area contributed by atoms with Crippen molar-refractivity contribution in [2.75, 3.05) is 10.6 Å². The zero-order valence-electron chi connectivity index (χ0n) is 13.1. The number of carbonyl (C=O) groups excluding carboxylic acids is 2. The molecule has 0 radical (unpaired) electrons.